The Balaban J connectivity index is 2.18. The molecule has 1 rings (SSSR count). The number of nitrogens with zero attached hydrogens (tertiary/aromatic N) is 1. The largest absolute Gasteiger partial charge is 0.382 e. The lowest BCUT2D eigenvalue weighted by Crippen LogP contribution is -2.38. The highest BCUT2D eigenvalue weighted by atomic mass is 35.5. The zero-order valence-corrected chi connectivity index (χ0v) is 13.5. The smallest absolute Gasteiger partial charge is 0.252 e. The number of nitrogens with one attached hydrogen (secondary N) is 2. The van der Waals surface area contributed by atoms with Crippen LogP contribution in [0.5, 0.6) is 0 Å². The molecule has 1 aromatic carbocycles. The number of aliphatic imine (C=N–C) groups is 1. The van der Waals surface area contributed by atoms with E-state index in [1.807, 2.05) is 6.92 Å². The summed E-state index contributed by atoms with van der Waals surface area (Å²) < 4.78 is 5.20. The maximum Gasteiger partial charge on any atom is 0.252 e. The van der Waals surface area contributed by atoms with Crippen molar-refractivity contribution in [3.8, 4) is 0 Å². The molecule has 1 amide bonds. The number of rotatable bonds is 9. The highest BCUT2D eigenvalue weighted by Gasteiger charge is 2.08. The summed E-state index contributed by atoms with van der Waals surface area (Å²) in [6.45, 7) is 4.89. The summed E-state index contributed by atoms with van der Waals surface area (Å²) in [4.78, 5) is 16.0. The van der Waals surface area contributed by atoms with Crippen LogP contribution in [0.15, 0.2) is 29.3 Å². The van der Waals surface area contributed by atoms with E-state index in [0.29, 0.717) is 49.4 Å². The highest BCUT2D eigenvalue weighted by molar-refractivity contribution is 6.33. The van der Waals surface area contributed by atoms with Crippen molar-refractivity contribution in [1.29, 1.82) is 0 Å². The Morgan fingerprint density at radius 3 is 2.77 bits per heavy atom. The number of nitrogens with two attached hydrogens (primary N) is 1. The van der Waals surface area contributed by atoms with Crippen LogP contribution >= 0.6 is 11.6 Å². The van der Waals surface area contributed by atoms with E-state index >= 15 is 0 Å². The van der Waals surface area contributed by atoms with Gasteiger partial charge in [0.05, 0.1) is 10.6 Å². The number of benzene rings is 1. The predicted molar refractivity (Wildman–Crippen MR) is 89.4 cm³/mol. The topological polar surface area (TPSA) is 88.7 Å². The summed E-state index contributed by atoms with van der Waals surface area (Å²) in [6.07, 6.45) is 0.833. The van der Waals surface area contributed by atoms with Crippen LogP contribution in [0.3, 0.4) is 0 Å². The molecule has 22 heavy (non-hydrogen) atoms. The third-order valence-corrected chi connectivity index (χ3v) is 3.10. The molecular weight excluding hydrogens is 304 g/mol. The normalized spacial score (nSPS) is 11.3. The fourth-order valence-corrected chi connectivity index (χ4v) is 1.90. The van der Waals surface area contributed by atoms with E-state index in [1.54, 1.807) is 24.3 Å². The number of ether oxygens (including phenoxy) is 1. The van der Waals surface area contributed by atoms with E-state index in [9.17, 15) is 4.79 Å². The van der Waals surface area contributed by atoms with Gasteiger partial charge >= 0.3 is 0 Å². The fourth-order valence-electron chi connectivity index (χ4n) is 1.67. The number of carbonyl (C=O) groups excluding carboxylic acids is 1. The van der Waals surface area contributed by atoms with Crippen LogP contribution in [-0.2, 0) is 4.74 Å². The van der Waals surface area contributed by atoms with Crippen LogP contribution in [0.25, 0.3) is 0 Å². The molecule has 0 atom stereocenters. The van der Waals surface area contributed by atoms with Crippen LogP contribution in [0.1, 0.15) is 23.7 Å². The van der Waals surface area contributed by atoms with Crippen molar-refractivity contribution in [3.63, 3.8) is 0 Å². The minimum Gasteiger partial charge on any atom is -0.382 e. The predicted octanol–water partition coefficient (Wildman–Crippen LogP) is 1.40. The Morgan fingerprint density at radius 1 is 1.32 bits per heavy atom. The van der Waals surface area contributed by atoms with Crippen molar-refractivity contribution in [2.24, 2.45) is 10.7 Å². The van der Waals surface area contributed by atoms with Gasteiger partial charge in [-0.25, -0.2) is 0 Å². The zero-order valence-electron chi connectivity index (χ0n) is 12.8. The van der Waals surface area contributed by atoms with Crippen LogP contribution in [-0.4, -0.2) is 44.7 Å². The summed E-state index contributed by atoms with van der Waals surface area (Å²) in [7, 11) is 0. The molecule has 0 saturated heterocycles. The van der Waals surface area contributed by atoms with Crippen molar-refractivity contribution >= 4 is 23.5 Å². The Kier molecular flexibility index (Phi) is 9.02. The minimum absolute atomic E-state index is 0.209. The molecule has 0 fully saturated rings. The zero-order chi connectivity index (χ0) is 16.2. The number of hydrogen-bond donors (Lipinski definition) is 3. The molecule has 0 unspecified atom stereocenters. The minimum atomic E-state index is -0.209. The summed E-state index contributed by atoms with van der Waals surface area (Å²) >= 11 is 5.95. The van der Waals surface area contributed by atoms with Crippen LogP contribution in [0.4, 0.5) is 0 Å². The lowest BCUT2D eigenvalue weighted by molar-refractivity contribution is 0.0954. The summed E-state index contributed by atoms with van der Waals surface area (Å²) in [5.74, 6) is 0.156. The van der Waals surface area contributed by atoms with Gasteiger partial charge in [0.25, 0.3) is 5.91 Å². The SMILES string of the molecule is CCOCCCN=C(N)NCCNC(=O)c1ccccc1Cl. The van der Waals surface area contributed by atoms with E-state index in [0.717, 1.165) is 6.42 Å². The summed E-state index contributed by atoms with van der Waals surface area (Å²) in [5.41, 5.74) is 6.16. The number of guanidine groups is 1. The molecule has 0 saturated carbocycles. The van der Waals surface area contributed by atoms with Crippen LogP contribution in [0, 0.1) is 0 Å². The molecule has 0 heterocycles. The van der Waals surface area contributed by atoms with E-state index in [1.165, 1.54) is 0 Å². The van der Waals surface area contributed by atoms with Gasteiger partial charge in [0.1, 0.15) is 0 Å². The van der Waals surface area contributed by atoms with Crippen molar-refractivity contribution in [1.82, 2.24) is 10.6 Å². The first-order valence-corrected chi connectivity index (χ1v) is 7.67. The van der Waals surface area contributed by atoms with Crippen LogP contribution in [0.2, 0.25) is 5.02 Å². The van der Waals surface area contributed by atoms with Gasteiger partial charge in [-0.1, -0.05) is 23.7 Å². The van der Waals surface area contributed by atoms with Gasteiger partial charge in [-0.05, 0) is 25.5 Å². The summed E-state index contributed by atoms with van der Waals surface area (Å²) in [6, 6.07) is 6.91. The monoisotopic (exact) mass is 326 g/mol. The lowest BCUT2D eigenvalue weighted by atomic mass is 10.2. The molecular formula is C15H23ClN4O2. The number of amides is 1. The third kappa shape index (κ3) is 7.28. The Bertz CT molecular complexity index is 494. The van der Waals surface area contributed by atoms with Gasteiger partial charge in [-0.2, -0.15) is 0 Å². The maximum absolute atomic E-state index is 11.9. The van der Waals surface area contributed by atoms with Crippen molar-refractivity contribution in [2.75, 3.05) is 32.8 Å². The molecule has 122 valence electrons. The number of halogens is 1. The van der Waals surface area contributed by atoms with E-state index in [4.69, 9.17) is 22.1 Å². The van der Waals surface area contributed by atoms with Crippen LogP contribution < -0.4 is 16.4 Å². The second kappa shape index (κ2) is 10.9. The molecule has 0 aliphatic rings. The first-order chi connectivity index (χ1) is 10.6. The van der Waals surface area contributed by atoms with E-state index < -0.39 is 0 Å². The van der Waals surface area contributed by atoms with Gasteiger partial charge in [0.15, 0.2) is 5.96 Å². The Morgan fingerprint density at radius 2 is 2.05 bits per heavy atom. The first-order valence-electron chi connectivity index (χ1n) is 7.29. The summed E-state index contributed by atoms with van der Waals surface area (Å²) in [5, 5.41) is 6.13. The Labute approximate surface area is 136 Å². The Hall–Kier alpha value is -1.79. The van der Waals surface area contributed by atoms with Crippen molar-refractivity contribution < 1.29 is 9.53 Å². The molecule has 0 spiro atoms. The van der Waals surface area contributed by atoms with Crippen molar-refractivity contribution in [2.45, 2.75) is 13.3 Å². The third-order valence-electron chi connectivity index (χ3n) is 2.77. The standard InChI is InChI=1S/C15H23ClN4O2/c1-2-22-11-5-8-19-15(17)20-10-9-18-14(21)12-6-3-4-7-13(12)16/h3-4,6-7H,2,5,8-11H2,1H3,(H,18,21)(H3,17,19,20). The van der Waals surface area contributed by atoms with E-state index in [-0.39, 0.29) is 5.91 Å². The molecule has 7 heteroatoms. The van der Waals surface area contributed by atoms with Gasteiger partial charge in [0, 0.05) is 32.8 Å². The molecule has 0 aliphatic heterocycles. The second-order valence-corrected chi connectivity index (χ2v) is 4.89. The molecule has 1 aromatic rings. The van der Waals surface area contributed by atoms with Crippen molar-refractivity contribution in [3.05, 3.63) is 34.9 Å². The maximum atomic E-state index is 11.9. The molecule has 0 radical (unpaired) electrons. The van der Waals surface area contributed by atoms with E-state index in [2.05, 4.69) is 15.6 Å². The molecule has 0 aromatic heterocycles. The quantitative estimate of drug-likeness (QED) is 0.363. The van der Waals surface area contributed by atoms with Gasteiger partial charge in [-0.15, -0.1) is 0 Å². The number of hydrogen-bond acceptors (Lipinski definition) is 3. The second-order valence-electron chi connectivity index (χ2n) is 4.48. The molecule has 6 nitrogen and oxygen atoms in total. The molecule has 0 bridgehead atoms. The fraction of sp³-hybridized carbons (Fsp3) is 0.467. The molecule has 4 N–H and O–H groups in total. The van der Waals surface area contributed by atoms with Gasteiger partial charge in [0.2, 0.25) is 0 Å². The highest BCUT2D eigenvalue weighted by Crippen LogP contribution is 2.14. The molecule has 0 aliphatic carbocycles. The lowest BCUT2D eigenvalue weighted by Gasteiger charge is -2.08. The average Bonchev–Trinajstić information content (AvgIpc) is 2.51. The van der Waals surface area contributed by atoms with Gasteiger partial charge in [-0.3, -0.25) is 9.79 Å². The first kappa shape index (κ1) is 18.3. The van der Waals surface area contributed by atoms with Gasteiger partial charge < -0.3 is 21.1 Å². The number of carbonyl (C=O) groups is 1. The average molecular weight is 327 g/mol.